The molecular formula is C9H14O2. The highest BCUT2D eigenvalue weighted by Crippen LogP contribution is 1.90. The van der Waals surface area contributed by atoms with E-state index >= 15 is 0 Å². The van der Waals surface area contributed by atoms with Gasteiger partial charge in [-0.3, -0.25) is 0 Å². The minimum absolute atomic E-state index is 0.405. The van der Waals surface area contributed by atoms with Gasteiger partial charge in [-0.05, 0) is 12.8 Å². The first kappa shape index (κ1) is 10.1. The Morgan fingerprint density at radius 2 is 2.09 bits per heavy atom. The summed E-state index contributed by atoms with van der Waals surface area (Å²) in [7, 11) is 0. The highest BCUT2D eigenvalue weighted by atomic mass is 16.5. The average molecular weight is 154 g/mol. The molecule has 0 bridgehead atoms. The maximum atomic E-state index is 5.05. The van der Waals surface area contributed by atoms with Crippen molar-refractivity contribution >= 4 is 0 Å². The van der Waals surface area contributed by atoms with Crippen molar-refractivity contribution in [3.8, 4) is 12.3 Å². The van der Waals surface area contributed by atoms with E-state index in [9.17, 15) is 0 Å². The molecule has 0 aliphatic rings. The molecular weight excluding hydrogens is 140 g/mol. The van der Waals surface area contributed by atoms with Gasteiger partial charge in [0.05, 0.1) is 12.9 Å². The smallest absolute Gasteiger partial charge is 0.107 e. The van der Waals surface area contributed by atoms with E-state index in [2.05, 4.69) is 12.5 Å². The summed E-state index contributed by atoms with van der Waals surface area (Å²) in [5.41, 5.74) is 0. The fourth-order valence-corrected chi connectivity index (χ4v) is 0.604. The van der Waals surface area contributed by atoms with Crippen LogP contribution in [-0.4, -0.2) is 19.8 Å². The van der Waals surface area contributed by atoms with Gasteiger partial charge in [-0.15, -0.1) is 6.42 Å². The molecule has 2 heteroatoms. The van der Waals surface area contributed by atoms with Gasteiger partial charge in [0.25, 0.3) is 0 Å². The van der Waals surface area contributed by atoms with E-state index in [0.717, 1.165) is 12.8 Å². The van der Waals surface area contributed by atoms with E-state index < -0.39 is 0 Å². The third-order valence-electron chi connectivity index (χ3n) is 1.10. The minimum Gasteiger partial charge on any atom is -0.502 e. The lowest BCUT2D eigenvalue weighted by atomic mass is 10.3. The molecule has 11 heavy (non-hydrogen) atoms. The molecule has 2 nitrogen and oxygen atoms in total. The van der Waals surface area contributed by atoms with E-state index in [4.69, 9.17) is 15.9 Å². The van der Waals surface area contributed by atoms with Gasteiger partial charge in [0, 0.05) is 6.61 Å². The van der Waals surface area contributed by atoms with Crippen LogP contribution in [0.2, 0.25) is 0 Å². The number of terminal acetylenes is 1. The number of hydrogen-bond donors (Lipinski definition) is 0. The first-order chi connectivity index (χ1) is 5.41. The minimum atomic E-state index is 0.405. The molecule has 0 aromatic carbocycles. The van der Waals surface area contributed by atoms with Crippen LogP contribution >= 0.6 is 0 Å². The van der Waals surface area contributed by atoms with Crippen LogP contribution in [0.3, 0.4) is 0 Å². The van der Waals surface area contributed by atoms with E-state index in [0.29, 0.717) is 19.8 Å². The van der Waals surface area contributed by atoms with Gasteiger partial charge in [0.1, 0.15) is 6.61 Å². The van der Waals surface area contributed by atoms with Crippen LogP contribution in [0.5, 0.6) is 0 Å². The van der Waals surface area contributed by atoms with Crippen LogP contribution in [-0.2, 0) is 9.47 Å². The van der Waals surface area contributed by atoms with Crippen molar-refractivity contribution in [2.75, 3.05) is 19.8 Å². The summed E-state index contributed by atoms with van der Waals surface area (Å²) in [5, 5.41) is 0. The molecule has 0 saturated heterocycles. The van der Waals surface area contributed by atoms with E-state index in [1.165, 1.54) is 6.26 Å². The molecule has 0 saturated carbocycles. The van der Waals surface area contributed by atoms with Crippen molar-refractivity contribution < 1.29 is 9.47 Å². The number of unbranched alkanes of at least 4 members (excludes halogenated alkanes) is 1. The van der Waals surface area contributed by atoms with Crippen molar-refractivity contribution in [3.63, 3.8) is 0 Å². The van der Waals surface area contributed by atoms with Crippen LogP contribution < -0.4 is 0 Å². The number of rotatable bonds is 7. The summed E-state index contributed by atoms with van der Waals surface area (Å²) < 4.78 is 9.95. The van der Waals surface area contributed by atoms with E-state index in [1.807, 2.05) is 0 Å². The van der Waals surface area contributed by atoms with Crippen LogP contribution in [0, 0.1) is 12.3 Å². The summed E-state index contributed by atoms with van der Waals surface area (Å²) in [6.45, 7) is 5.26. The van der Waals surface area contributed by atoms with Crippen LogP contribution in [0.4, 0.5) is 0 Å². The lowest BCUT2D eigenvalue weighted by Crippen LogP contribution is -1.96. The molecule has 0 aromatic rings. The SMILES string of the molecule is C#CCOCCCCOC=C. The summed E-state index contributed by atoms with van der Waals surface area (Å²) in [6.07, 6.45) is 8.39. The molecule has 0 aliphatic heterocycles. The van der Waals surface area contributed by atoms with Crippen molar-refractivity contribution in [1.29, 1.82) is 0 Å². The predicted octanol–water partition coefficient (Wildman–Crippen LogP) is 1.58. The molecule has 0 rings (SSSR count). The van der Waals surface area contributed by atoms with Crippen molar-refractivity contribution in [1.82, 2.24) is 0 Å². The Morgan fingerprint density at radius 3 is 2.73 bits per heavy atom. The molecule has 0 N–H and O–H groups in total. The molecule has 0 unspecified atom stereocenters. The molecule has 62 valence electrons. The van der Waals surface area contributed by atoms with Crippen molar-refractivity contribution in [2.45, 2.75) is 12.8 Å². The molecule has 0 heterocycles. The molecule has 0 atom stereocenters. The highest BCUT2D eigenvalue weighted by Gasteiger charge is 1.86. The first-order valence-electron chi connectivity index (χ1n) is 3.65. The molecule has 0 aromatic heterocycles. The van der Waals surface area contributed by atoms with Crippen molar-refractivity contribution in [2.24, 2.45) is 0 Å². The van der Waals surface area contributed by atoms with Crippen LogP contribution in [0.25, 0.3) is 0 Å². The summed E-state index contributed by atoms with van der Waals surface area (Å²) in [6, 6.07) is 0. The second-order valence-corrected chi connectivity index (χ2v) is 2.00. The van der Waals surface area contributed by atoms with Gasteiger partial charge >= 0.3 is 0 Å². The summed E-state index contributed by atoms with van der Waals surface area (Å²) >= 11 is 0. The molecule has 0 aliphatic carbocycles. The third kappa shape index (κ3) is 9.06. The van der Waals surface area contributed by atoms with Gasteiger partial charge in [-0.2, -0.15) is 0 Å². The zero-order valence-corrected chi connectivity index (χ0v) is 6.71. The van der Waals surface area contributed by atoms with Crippen LogP contribution in [0.1, 0.15) is 12.8 Å². The van der Waals surface area contributed by atoms with Gasteiger partial charge in [0.2, 0.25) is 0 Å². The van der Waals surface area contributed by atoms with E-state index in [1.54, 1.807) is 0 Å². The normalized spacial score (nSPS) is 8.64. The molecule has 0 radical (unpaired) electrons. The summed E-state index contributed by atoms with van der Waals surface area (Å²) in [5.74, 6) is 2.40. The zero-order chi connectivity index (χ0) is 8.36. The quantitative estimate of drug-likeness (QED) is 0.315. The maximum absolute atomic E-state index is 5.05. The Balaban J connectivity index is 2.80. The zero-order valence-electron chi connectivity index (χ0n) is 6.71. The molecule has 0 fully saturated rings. The second kappa shape index (κ2) is 9.06. The monoisotopic (exact) mass is 154 g/mol. The fraction of sp³-hybridized carbons (Fsp3) is 0.556. The summed E-state index contributed by atoms with van der Waals surface area (Å²) in [4.78, 5) is 0. The van der Waals surface area contributed by atoms with E-state index in [-0.39, 0.29) is 0 Å². The Bertz CT molecular complexity index is 124. The number of ether oxygens (including phenoxy) is 2. The second-order valence-electron chi connectivity index (χ2n) is 2.00. The van der Waals surface area contributed by atoms with Crippen molar-refractivity contribution in [3.05, 3.63) is 12.8 Å². The largest absolute Gasteiger partial charge is 0.502 e. The Morgan fingerprint density at radius 1 is 1.36 bits per heavy atom. The topological polar surface area (TPSA) is 18.5 Å². The molecule has 0 spiro atoms. The average Bonchev–Trinajstić information content (AvgIpc) is 2.03. The lowest BCUT2D eigenvalue weighted by molar-refractivity contribution is 0.151. The fourth-order valence-electron chi connectivity index (χ4n) is 0.604. The lowest BCUT2D eigenvalue weighted by Gasteiger charge is -2.00. The Labute approximate surface area is 68.2 Å². The number of hydrogen-bond acceptors (Lipinski definition) is 2. The highest BCUT2D eigenvalue weighted by molar-refractivity contribution is 4.82. The Kier molecular flexibility index (Phi) is 8.29. The van der Waals surface area contributed by atoms with Crippen LogP contribution in [0.15, 0.2) is 12.8 Å². The molecule has 0 amide bonds. The third-order valence-corrected chi connectivity index (χ3v) is 1.10. The predicted molar refractivity (Wildman–Crippen MR) is 45.0 cm³/mol. The maximum Gasteiger partial charge on any atom is 0.107 e. The first-order valence-corrected chi connectivity index (χ1v) is 3.65. The van der Waals surface area contributed by atoms with Gasteiger partial charge in [-0.1, -0.05) is 12.5 Å². The Hall–Kier alpha value is -0.940. The standard InChI is InChI=1S/C9H14O2/c1-3-7-11-9-6-5-8-10-4-2/h1,4H,2,5-9H2. The van der Waals surface area contributed by atoms with Gasteiger partial charge < -0.3 is 9.47 Å². The van der Waals surface area contributed by atoms with Gasteiger partial charge in [-0.25, -0.2) is 0 Å². The van der Waals surface area contributed by atoms with Gasteiger partial charge in [0.15, 0.2) is 0 Å².